The van der Waals surface area contributed by atoms with Gasteiger partial charge in [0.05, 0.1) is 23.9 Å². The van der Waals surface area contributed by atoms with Gasteiger partial charge in [-0.15, -0.1) is 5.10 Å². The smallest absolute Gasteiger partial charge is 0.245 e. The van der Waals surface area contributed by atoms with Gasteiger partial charge in [0.2, 0.25) is 5.95 Å². The van der Waals surface area contributed by atoms with E-state index in [1.807, 2.05) is 30.7 Å². The van der Waals surface area contributed by atoms with Crippen molar-refractivity contribution >= 4 is 17.5 Å². The van der Waals surface area contributed by atoms with Crippen molar-refractivity contribution < 1.29 is 4.74 Å². The van der Waals surface area contributed by atoms with Crippen LogP contribution in [0.2, 0.25) is 5.02 Å². The summed E-state index contributed by atoms with van der Waals surface area (Å²) in [5.74, 6) is 3.15. The van der Waals surface area contributed by atoms with E-state index >= 15 is 0 Å². The quantitative estimate of drug-likeness (QED) is 0.366. The van der Waals surface area contributed by atoms with Crippen molar-refractivity contribution in [3.8, 4) is 11.4 Å². The lowest BCUT2D eigenvalue weighted by Gasteiger charge is -2.31. The number of aromatic nitrogens is 3. The number of hydrogen-bond acceptors (Lipinski definition) is 4. The molecule has 0 saturated heterocycles. The SMILES string of the molecule is CCCN(c1nc(C)n(-c2cc(C)c(OC)cc2Cl)n1)[C@@H](CC1CC1)c1ccc(C)cc1. The monoisotopic (exact) mass is 452 g/mol. The number of benzene rings is 2. The second-order valence-electron chi connectivity index (χ2n) is 8.94. The van der Waals surface area contributed by atoms with E-state index in [1.165, 1.54) is 24.0 Å². The highest BCUT2D eigenvalue weighted by atomic mass is 35.5. The molecule has 3 aromatic rings. The molecular formula is C26H33ClN4O. The van der Waals surface area contributed by atoms with Gasteiger partial charge in [-0.1, -0.05) is 61.2 Å². The Labute approximate surface area is 196 Å². The van der Waals surface area contributed by atoms with Crippen LogP contribution < -0.4 is 9.64 Å². The number of aryl methyl sites for hydroxylation is 3. The zero-order chi connectivity index (χ0) is 22.8. The molecule has 6 heteroatoms. The summed E-state index contributed by atoms with van der Waals surface area (Å²) in [5, 5.41) is 5.55. The Morgan fingerprint density at radius 3 is 2.50 bits per heavy atom. The summed E-state index contributed by atoms with van der Waals surface area (Å²) >= 11 is 6.60. The molecule has 170 valence electrons. The van der Waals surface area contributed by atoms with E-state index in [0.717, 1.165) is 54.1 Å². The Morgan fingerprint density at radius 1 is 1.16 bits per heavy atom. The molecule has 0 spiro atoms. The highest BCUT2D eigenvalue weighted by molar-refractivity contribution is 6.32. The Balaban J connectivity index is 1.74. The first-order chi connectivity index (χ1) is 15.4. The fourth-order valence-electron chi connectivity index (χ4n) is 4.29. The molecule has 4 rings (SSSR count). The van der Waals surface area contributed by atoms with Crippen LogP contribution in [0.25, 0.3) is 5.69 Å². The van der Waals surface area contributed by atoms with Crippen LogP contribution in [0.5, 0.6) is 5.75 Å². The second kappa shape index (κ2) is 9.53. The standard InChI is InChI=1S/C26H33ClN4O/c1-6-13-30(23(15-20-9-10-20)21-11-7-17(2)8-12-21)26-28-19(4)31(29-26)24-14-18(3)25(32-5)16-22(24)27/h7-8,11-12,14,16,20,23H,6,9-10,13,15H2,1-5H3/t23-/m0/s1. The third-order valence-electron chi connectivity index (χ3n) is 6.26. The summed E-state index contributed by atoms with van der Waals surface area (Å²) in [6, 6.07) is 13.1. The Morgan fingerprint density at radius 2 is 1.88 bits per heavy atom. The highest BCUT2D eigenvalue weighted by Crippen LogP contribution is 2.41. The van der Waals surface area contributed by atoms with Crippen molar-refractivity contribution in [3.05, 3.63) is 63.9 Å². The average molecular weight is 453 g/mol. The van der Waals surface area contributed by atoms with Crippen LogP contribution in [-0.2, 0) is 0 Å². The Hall–Kier alpha value is -2.53. The molecule has 1 aliphatic carbocycles. The Kier molecular flexibility index (Phi) is 6.75. The number of nitrogens with zero attached hydrogens (tertiary/aromatic N) is 4. The van der Waals surface area contributed by atoms with Crippen LogP contribution in [0.15, 0.2) is 36.4 Å². The van der Waals surface area contributed by atoms with Gasteiger partial charge in [-0.05, 0) is 56.7 Å². The van der Waals surface area contributed by atoms with E-state index in [1.54, 1.807) is 7.11 Å². The average Bonchev–Trinajstić information content (AvgIpc) is 3.52. The minimum atomic E-state index is 0.270. The van der Waals surface area contributed by atoms with E-state index in [9.17, 15) is 0 Å². The van der Waals surface area contributed by atoms with Crippen molar-refractivity contribution in [1.82, 2.24) is 14.8 Å². The third-order valence-corrected chi connectivity index (χ3v) is 6.57. The first kappa shape index (κ1) is 22.7. The fraction of sp³-hybridized carbons (Fsp3) is 0.462. The van der Waals surface area contributed by atoms with Gasteiger partial charge in [0.1, 0.15) is 11.6 Å². The molecule has 0 bridgehead atoms. The Bertz CT molecular complexity index is 1070. The maximum Gasteiger partial charge on any atom is 0.245 e. The molecule has 1 heterocycles. The number of anilines is 1. The third kappa shape index (κ3) is 4.78. The van der Waals surface area contributed by atoms with E-state index in [0.29, 0.717) is 5.02 Å². The van der Waals surface area contributed by atoms with Gasteiger partial charge in [-0.3, -0.25) is 0 Å². The molecule has 32 heavy (non-hydrogen) atoms. The first-order valence-electron chi connectivity index (χ1n) is 11.5. The predicted molar refractivity (Wildman–Crippen MR) is 131 cm³/mol. The lowest BCUT2D eigenvalue weighted by atomic mass is 9.98. The van der Waals surface area contributed by atoms with E-state index in [2.05, 4.69) is 43.0 Å². The van der Waals surface area contributed by atoms with E-state index in [-0.39, 0.29) is 6.04 Å². The zero-order valence-electron chi connectivity index (χ0n) is 19.7. The topological polar surface area (TPSA) is 43.2 Å². The normalized spacial score (nSPS) is 14.4. The minimum Gasteiger partial charge on any atom is -0.496 e. The second-order valence-corrected chi connectivity index (χ2v) is 9.35. The van der Waals surface area contributed by atoms with Gasteiger partial charge in [0.25, 0.3) is 0 Å². The van der Waals surface area contributed by atoms with Gasteiger partial charge in [-0.2, -0.15) is 4.98 Å². The lowest BCUT2D eigenvalue weighted by Crippen LogP contribution is -2.31. The van der Waals surface area contributed by atoms with Gasteiger partial charge >= 0.3 is 0 Å². The zero-order valence-corrected chi connectivity index (χ0v) is 20.5. The van der Waals surface area contributed by atoms with Gasteiger partial charge in [0, 0.05) is 12.6 Å². The molecule has 1 atom stereocenters. The number of methoxy groups -OCH3 is 1. The van der Waals surface area contributed by atoms with Crippen molar-refractivity contribution in [3.63, 3.8) is 0 Å². The van der Waals surface area contributed by atoms with Crippen molar-refractivity contribution in [1.29, 1.82) is 0 Å². The largest absolute Gasteiger partial charge is 0.496 e. The molecule has 1 fully saturated rings. The van der Waals surface area contributed by atoms with Crippen molar-refractivity contribution in [2.45, 2.75) is 59.4 Å². The fourth-order valence-corrected chi connectivity index (χ4v) is 4.53. The van der Waals surface area contributed by atoms with E-state index < -0.39 is 0 Å². The highest BCUT2D eigenvalue weighted by Gasteiger charge is 2.31. The maximum atomic E-state index is 6.60. The molecule has 2 aromatic carbocycles. The molecule has 0 aliphatic heterocycles. The molecule has 5 nitrogen and oxygen atoms in total. The summed E-state index contributed by atoms with van der Waals surface area (Å²) in [4.78, 5) is 7.28. The van der Waals surface area contributed by atoms with Crippen LogP contribution in [-0.4, -0.2) is 28.4 Å². The molecule has 0 radical (unpaired) electrons. The molecule has 1 saturated carbocycles. The van der Waals surface area contributed by atoms with Gasteiger partial charge in [0.15, 0.2) is 0 Å². The molecular weight excluding hydrogens is 420 g/mol. The van der Waals surface area contributed by atoms with Crippen LogP contribution >= 0.6 is 11.6 Å². The molecule has 0 N–H and O–H groups in total. The number of halogens is 1. The van der Waals surface area contributed by atoms with Crippen LogP contribution in [0, 0.1) is 26.7 Å². The molecule has 1 aromatic heterocycles. The predicted octanol–water partition coefficient (Wildman–Crippen LogP) is 6.61. The van der Waals surface area contributed by atoms with E-state index in [4.69, 9.17) is 26.4 Å². The van der Waals surface area contributed by atoms with Crippen LogP contribution in [0.3, 0.4) is 0 Å². The van der Waals surface area contributed by atoms with Crippen LogP contribution in [0.1, 0.15) is 61.2 Å². The maximum absolute atomic E-state index is 6.60. The summed E-state index contributed by atoms with van der Waals surface area (Å²) in [7, 11) is 1.66. The summed E-state index contributed by atoms with van der Waals surface area (Å²) in [6.45, 7) is 9.25. The molecule has 1 aliphatic rings. The lowest BCUT2D eigenvalue weighted by molar-refractivity contribution is 0.411. The summed E-state index contributed by atoms with van der Waals surface area (Å²) in [5.41, 5.74) is 4.46. The number of rotatable bonds is 9. The minimum absolute atomic E-state index is 0.270. The molecule has 0 amide bonds. The summed E-state index contributed by atoms with van der Waals surface area (Å²) < 4.78 is 7.27. The summed E-state index contributed by atoms with van der Waals surface area (Å²) in [6.07, 6.45) is 4.82. The first-order valence-corrected chi connectivity index (χ1v) is 11.9. The van der Waals surface area contributed by atoms with Crippen molar-refractivity contribution in [2.24, 2.45) is 5.92 Å². The number of hydrogen-bond donors (Lipinski definition) is 0. The van der Waals surface area contributed by atoms with Gasteiger partial charge < -0.3 is 9.64 Å². The van der Waals surface area contributed by atoms with Crippen molar-refractivity contribution in [2.75, 3.05) is 18.6 Å². The van der Waals surface area contributed by atoms with Crippen LogP contribution in [0.4, 0.5) is 5.95 Å². The molecule has 0 unspecified atom stereocenters. The number of ether oxygens (including phenoxy) is 1. The van der Waals surface area contributed by atoms with Gasteiger partial charge in [-0.25, -0.2) is 4.68 Å².